The van der Waals surface area contributed by atoms with E-state index in [2.05, 4.69) is 25.4 Å². The van der Waals surface area contributed by atoms with Crippen LogP contribution in [0.15, 0.2) is 53.5 Å². The second-order valence-corrected chi connectivity index (χ2v) is 18.4. The van der Waals surface area contributed by atoms with Gasteiger partial charge in [0.05, 0.1) is 23.9 Å². The van der Waals surface area contributed by atoms with E-state index in [1.54, 1.807) is 29.8 Å². The number of imide groups is 1. The van der Waals surface area contributed by atoms with Crippen molar-refractivity contribution in [3.63, 3.8) is 0 Å². The van der Waals surface area contributed by atoms with Gasteiger partial charge in [-0.15, -0.1) is 0 Å². The minimum Gasteiger partial charge on any atom is -0.480 e. The Hall–Kier alpha value is -5.45. The van der Waals surface area contributed by atoms with Crippen molar-refractivity contribution in [2.45, 2.75) is 121 Å². The van der Waals surface area contributed by atoms with E-state index in [-0.39, 0.29) is 78.7 Å². The number of anilines is 3. The molecule has 4 aliphatic heterocycles. The predicted octanol–water partition coefficient (Wildman–Crippen LogP) is 6.23. The number of piperidine rings is 3. The lowest BCUT2D eigenvalue weighted by atomic mass is 9.82. The molecule has 0 bridgehead atoms. The number of likely N-dealkylation sites (tertiary alicyclic amines) is 1. The molecule has 0 spiro atoms. The number of carbonyl (C=O) groups is 4. The molecule has 2 N–H and O–H groups in total. The van der Waals surface area contributed by atoms with Crippen LogP contribution in [0.1, 0.15) is 106 Å². The number of hydrogen-bond donors (Lipinski definition) is 2. The Morgan fingerprint density at radius 3 is 2.53 bits per heavy atom. The maximum Gasteiger partial charge on any atom is 0.293 e. The summed E-state index contributed by atoms with van der Waals surface area (Å²) in [5.41, 5.74) is 3.39. The van der Waals surface area contributed by atoms with Crippen molar-refractivity contribution < 1.29 is 33.0 Å². The molecule has 0 radical (unpaired) electrons. The Labute approximate surface area is 375 Å². The second kappa shape index (κ2) is 18.2. The third kappa shape index (κ3) is 8.83. The van der Waals surface area contributed by atoms with E-state index in [9.17, 15) is 24.0 Å². The van der Waals surface area contributed by atoms with E-state index >= 15 is 4.39 Å². The number of nitrogens with zero attached hydrogens (tertiary/aromatic N) is 6. The number of ether oxygens (including phenoxy) is 2. The van der Waals surface area contributed by atoms with E-state index in [0.29, 0.717) is 53.8 Å². The van der Waals surface area contributed by atoms with E-state index in [4.69, 9.17) is 26.1 Å². The number of nitrogens with one attached hydrogen (secondary N) is 2. The zero-order valence-corrected chi connectivity index (χ0v) is 37.1. The van der Waals surface area contributed by atoms with Gasteiger partial charge in [-0.25, -0.2) is 9.37 Å². The van der Waals surface area contributed by atoms with Gasteiger partial charge in [-0.1, -0.05) is 30.7 Å². The van der Waals surface area contributed by atoms with Gasteiger partial charge in [0, 0.05) is 73.7 Å². The minimum absolute atomic E-state index is 0.0911. The lowest BCUT2D eigenvalue weighted by Gasteiger charge is -2.47. The number of carbonyl (C=O) groups excluding carboxylic acids is 4. The number of amides is 3. The number of ketones is 1. The number of hydrogen-bond acceptors (Lipinski definition) is 12. The molecule has 1 saturated carbocycles. The summed E-state index contributed by atoms with van der Waals surface area (Å²) in [6.07, 6.45) is 5.71. The third-order valence-corrected chi connectivity index (χ3v) is 13.8. The van der Waals surface area contributed by atoms with E-state index in [1.165, 1.54) is 4.90 Å². The number of pyridine rings is 1. The van der Waals surface area contributed by atoms with Crippen LogP contribution in [-0.2, 0) is 25.7 Å². The lowest BCUT2D eigenvalue weighted by Crippen LogP contribution is -2.54. The summed E-state index contributed by atoms with van der Waals surface area (Å²) in [7, 11) is 0. The Morgan fingerprint density at radius 2 is 1.80 bits per heavy atom. The highest BCUT2D eigenvalue weighted by molar-refractivity contribution is 6.33. The average molecular weight is 897 g/mol. The fraction of sp³-hybridized carbons (Fsp3) is 0.511. The first-order chi connectivity index (χ1) is 30.8. The van der Waals surface area contributed by atoms with Crippen LogP contribution < -0.4 is 25.8 Å². The summed E-state index contributed by atoms with van der Waals surface area (Å²) in [5.74, 6) is -0.204. The molecule has 5 aliphatic rings. The van der Waals surface area contributed by atoms with Crippen molar-refractivity contribution >= 4 is 63.5 Å². The molecule has 3 saturated heterocycles. The van der Waals surface area contributed by atoms with E-state index < -0.39 is 18.1 Å². The first kappa shape index (κ1) is 43.8. The van der Waals surface area contributed by atoms with Crippen molar-refractivity contribution in [2.24, 2.45) is 0 Å². The Bertz CT molecular complexity index is 2540. The average Bonchev–Trinajstić information content (AvgIpc) is 3.59. The van der Waals surface area contributed by atoms with Gasteiger partial charge in [0.25, 0.3) is 11.5 Å². The monoisotopic (exact) mass is 896 g/mol. The summed E-state index contributed by atoms with van der Waals surface area (Å²) in [6, 6.07) is 12.3. The van der Waals surface area contributed by atoms with Gasteiger partial charge >= 0.3 is 0 Å². The number of fused-ring (bicyclic) bond motifs is 2. The summed E-state index contributed by atoms with van der Waals surface area (Å²) < 4.78 is 29.8. The summed E-state index contributed by atoms with van der Waals surface area (Å²) >= 11 is 6.59. The number of aromatic nitrogens is 3. The van der Waals surface area contributed by atoms with Crippen LogP contribution in [0.4, 0.5) is 21.8 Å². The molecule has 3 atom stereocenters. The quantitative estimate of drug-likeness (QED) is 0.146. The normalized spacial score (nSPS) is 24.2. The Morgan fingerprint density at radius 1 is 1.00 bits per heavy atom. The molecule has 6 heterocycles. The molecule has 1 unspecified atom stereocenters. The van der Waals surface area contributed by atoms with E-state index in [1.807, 2.05) is 44.2 Å². The first-order valence-corrected chi connectivity index (χ1v) is 22.9. The van der Waals surface area contributed by atoms with E-state index in [0.717, 1.165) is 67.3 Å². The molecule has 2 aromatic carbocycles. The molecule has 4 aromatic rings. The van der Waals surface area contributed by atoms with Gasteiger partial charge in [-0.2, -0.15) is 4.98 Å². The molecular formula is C47H54ClFN8O7. The topological polar surface area (TPSA) is 168 Å². The van der Waals surface area contributed by atoms with Gasteiger partial charge in [0.2, 0.25) is 17.8 Å². The van der Waals surface area contributed by atoms with Crippen LogP contribution in [0.5, 0.6) is 5.75 Å². The first-order valence-electron chi connectivity index (χ1n) is 22.5. The molecule has 9 rings (SSSR count). The van der Waals surface area contributed by atoms with Crippen molar-refractivity contribution in [1.29, 1.82) is 0 Å². The summed E-state index contributed by atoms with van der Waals surface area (Å²) in [6.45, 7) is 8.31. The molecule has 4 fully saturated rings. The van der Waals surface area contributed by atoms with Gasteiger partial charge in [-0.05, 0) is 100 Å². The molecular weight excluding hydrogens is 843 g/mol. The number of benzene rings is 2. The second-order valence-electron chi connectivity index (χ2n) is 18.0. The summed E-state index contributed by atoms with van der Waals surface area (Å²) in [5, 5.41) is 6.79. The van der Waals surface area contributed by atoms with Crippen molar-refractivity contribution in [3.05, 3.63) is 80.7 Å². The molecule has 1 aliphatic carbocycles. The molecule has 15 nitrogen and oxygen atoms in total. The largest absolute Gasteiger partial charge is 0.480 e. The van der Waals surface area contributed by atoms with Gasteiger partial charge in [0.15, 0.2) is 17.4 Å². The lowest BCUT2D eigenvalue weighted by molar-refractivity contribution is -0.137. The summed E-state index contributed by atoms with van der Waals surface area (Å²) in [4.78, 5) is 77.8. The highest BCUT2D eigenvalue weighted by Gasteiger charge is 2.42. The molecule has 2 aromatic heterocycles. The van der Waals surface area contributed by atoms with Crippen LogP contribution in [0, 0.1) is 0 Å². The van der Waals surface area contributed by atoms with Crippen LogP contribution in [-0.4, -0.2) is 111 Å². The molecule has 338 valence electrons. The minimum atomic E-state index is -1.04. The van der Waals surface area contributed by atoms with Crippen molar-refractivity contribution in [1.82, 2.24) is 29.7 Å². The highest BCUT2D eigenvalue weighted by Crippen LogP contribution is 2.39. The van der Waals surface area contributed by atoms with Crippen LogP contribution in [0.3, 0.4) is 0 Å². The maximum absolute atomic E-state index is 15.9. The molecule has 3 amide bonds. The Balaban J connectivity index is 0.749. The van der Waals surface area contributed by atoms with Crippen LogP contribution >= 0.6 is 11.6 Å². The molecule has 17 heteroatoms. The van der Waals surface area contributed by atoms with Crippen LogP contribution in [0.2, 0.25) is 5.02 Å². The van der Waals surface area contributed by atoms with Gasteiger partial charge in [0.1, 0.15) is 23.8 Å². The smallest absolute Gasteiger partial charge is 0.293 e. The Kier molecular flexibility index (Phi) is 12.5. The number of Topliss-reactive ketones (excluding diaryl/α,β-unsaturated/α-hetero) is 1. The SMILES string of the molecule is CCC(=O)COc1cc2cc(Nc3nc(N4CCC(OC5CC(N6CC[C@H](c7ccc8c(c7)CN(C7CCC(=O)NC7=O)C8=O)[C@H](F)C6)C5)CC4)ncc3Cl)ccc2n(C(C)C)c1=O. The van der Waals surface area contributed by atoms with Crippen molar-refractivity contribution in [3.8, 4) is 5.75 Å². The van der Waals surface area contributed by atoms with Gasteiger partial charge < -0.3 is 29.2 Å². The van der Waals surface area contributed by atoms with Gasteiger partial charge in [-0.3, -0.25) is 34.2 Å². The van der Waals surface area contributed by atoms with Crippen LogP contribution in [0.25, 0.3) is 10.9 Å². The highest BCUT2D eigenvalue weighted by atomic mass is 35.5. The number of rotatable bonds is 13. The number of alkyl halides is 1. The maximum atomic E-state index is 15.9. The number of halogens is 2. The zero-order chi connectivity index (χ0) is 44.8. The fourth-order valence-corrected chi connectivity index (χ4v) is 10.0. The van der Waals surface area contributed by atoms with Crippen molar-refractivity contribution in [2.75, 3.05) is 43.0 Å². The predicted molar refractivity (Wildman–Crippen MR) is 239 cm³/mol. The fourth-order valence-electron chi connectivity index (χ4n) is 9.88. The zero-order valence-electron chi connectivity index (χ0n) is 36.4. The standard InChI is InChI=1S/C47H54ClFN8O7/c1-4-32(58)25-63-41-19-28-18-30(6-8-39(28)57(26(2)3)46(41)62)51-43-37(48)22-50-47(53-43)54-14-11-33(12-15-54)64-34-20-31(21-34)55-16-13-35(38(49)24-55)27-5-7-36-29(17-27)23-56(45(36)61)40-9-10-42(59)52-44(40)60/h5-8,17-19,22,26,31,33-35,38,40H,4,9-16,20-21,23-25H2,1-3H3,(H,50,51,53)(H,52,59,60)/t31?,34?,35-,38-,40?/m1/s1. The third-order valence-electron chi connectivity index (χ3n) is 13.5. The molecule has 64 heavy (non-hydrogen) atoms.